The highest BCUT2D eigenvalue weighted by Gasteiger charge is 2.31. The molecule has 1 aromatic heterocycles. The van der Waals surface area contributed by atoms with Crippen LogP contribution in [0.1, 0.15) is 44.0 Å². The molecule has 114 valence electrons. The van der Waals surface area contributed by atoms with Crippen molar-refractivity contribution in [2.45, 2.75) is 45.1 Å². The fourth-order valence-corrected chi connectivity index (χ4v) is 3.07. The molecule has 0 bridgehead atoms. The van der Waals surface area contributed by atoms with E-state index in [1.165, 1.54) is 11.3 Å². The third-order valence-corrected chi connectivity index (χ3v) is 4.27. The van der Waals surface area contributed by atoms with Gasteiger partial charge >= 0.3 is 6.03 Å². The lowest BCUT2D eigenvalue weighted by Gasteiger charge is -2.06. The van der Waals surface area contributed by atoms with Gasteiger partial charge in [0.05, 0.1) is 6.42 Å². The van der Waals surface area contributed by atoms with Crippen LogP contribution in [0.2, 0.25) is 0 Å². The van der Waals surface area contributed by atoms with Crippen molar-refractivity contribution in [1.29, 1.82) is 0 Å². The quantitative estimate of drug-likeness (QED) is 0.678. The first-order chi connectivity index (χ1) is 10.0. The molecule has 0 spiro atoms. The van der Waals surface area contributed by atoms with E-state index >= 15 is 0 Å². The topological polar surface area (TPSA) is 113 Å². The molecule has 2 rings (SSSR count). The Balaban J connectivity index is 1.91. The van der Waals surface area contributed by atoms with Crippen molar-refractivity contribution < 1.29 is 14.4 Å². The molecule has 21 heavy (non-hydrogen) atoms. The van der Waals surface area contributed by atoms with E-state index in [2.05, 4.69) is 40.0 Å². The van der Waals surface area contributed by atoms with Crippen LogP contribution >= 0.6 is 11.3 Å². The molecule has 1 aliphatic rings. The molecule has 4 amide bonds. The maximum Gasteiger partial charge on any atom is 0.322 e. The summed E-state index contributed by atoms with van der Waals surface area (Å²) in [5.41, 5.74) is 0. The van der Waals surface area contributed by atoms with E-state index in [0.717, 1.165) is 17.8 Å². The summed E-state index contributed by atoms with van der Waals surface area (Å²) in [5, 5.41) is 16.4. The van der Waals surface area contributed by atoms with Crippen LogP contribution in [-0.4, -0.2) is 34.1 Å². The second kappa shape index (κ2) is 6.61. The largest absolute Gasteiger partial charge is 0.325 e. The van der Waals surface area contributed by atoms with Crippen LogP contribution in [0.4, 0.5) is 9.93 Å². The standard InChI is InChI=1S/C12H17N5O3S/c1-3-6(4-2)10-16-17-12(21-10)14-8(18)5-7-9(19)15-11(20)13-7/h6-7H,3-5H2,1-2H3,(H,14,17,18)(H2,13,15,19,20)/t7-/m1/s1. The summed E-state index contributed by atoms with van der Waals surface area (Å²) in [6.07, 6.45) is 1.80. The average Bonchev–Trinajstić information content (AvgIpc) is 2.99. The number of rotatable bonds is 6. The molecule has 9 heteroatoms. The first kappa shape index (κ1) is 15.4. The Hall–Kier alpha value is -2.03. The first-order valence-corrected chi connectivity index (χ1v) is 7.59. The van der Waals surface area contributed by atoms with Crippen LogP contribution in [0, 0.1) is 0 Å². The molecular weight excluding hydrogens is 294 g/mol. The number of hydrogen-bond acceptors (Lipinski definition) is 6. The van der Waals surface area contributed by atoms with Crippen molar-refractivity contribution in [2.24, 2.45) is 0 Å². The molecule has 1 saturated heterocycles. The summed E-state index contributed by atoms with van der Waals surface area (Å²) in [7, 11) is 0. The summed E-state index contributed by atoms with van der Waals surface area (Å²) in [5.74, 6) is -0.539. The second-order valence-electron chi connectivity index (χ2n) is 4.73. The molecule has 1 fully saturated rings. The molecule has 8 nitrogen and oxygen atoms in total. The zero-order valence-electron chi connectivity index (χ0n) is 11.8. The van der Waals surface area contributed by atoms with Crippen LogP contribution in [-0.2, 0) is 9.59 Å². The molecule has 0 radical (unpaired) electrons. The zero-order chi connectivity index (χ0) is 15.4. The Morgan fingerprint density at radius 2 is 2.05 bits per heavy atom. The molecule has 0 unspecified atom stereocenters. The number of anilines is 1. The maximum atomic E-state index is 11.8. The minimum atomic E-state index is -0.830. The number of amides is 4. The Morgan fingerprint density at radius 3 is 2.62 bits per heavy atom. The van der Waals surface area contributed by atoms with E-state index in [-0.39, 0.29) is 12.3 Å². The van der Waals surface area contributed by atoms with Gasteiger partial charge < -0.3 is 10.6 Å². The molecule has 1 aliphatic heterocycles. The highest BCUT2D eigenvalue weighted by molar-refractivity contribution is 7.15. The van der Waals surface area contributed by atoms with Gasteiger partial charge in [0.2, 0.25) is 11.0 Å². The van der Waals surface area contributed by atoms with Gasteiger partial charge in [-0.3, -0.25) is 14.9 Å². The van der Waals surface area contributed by atoms with E-state index in [0.29, 0.717) is 11.0 Å². The maximum absolute atomic E-state index is 11.8. The number of aromatic nitrogens is 2. The van der Waals surface area contributed by atoms with Crippen molar-refractivity contribution in [2.75, 3.05) is 5.32 Å². The number of nitrogens with one attached hydrogen (secondary N) is 3. The van der Waals surface area contributed by atoms with Crippen LogP contribution in [0.25, 0.3) is 0 Å². The van der Waals surface area contributed by atoms with Crippen LogP contribution in [0.3, 0.4) is 0 Å². The van der Waals surface area contributed by atoms with E-state index in [1.807, 2.05) is 0 Å². The SMILES string of the molecule is CCC(CC)c1nnc(NC(=O)C[C@H]2NC(=O)NC2=O)s1. The Labute approximate surface area is 125 Å². The van der Waals surface area contributed by atoms with Gasteiger partial charge in [0.15, 0.2) is 0 Å². The smallest absolute Gasteiger partial charge is 0.322 e. The van der Waals surface area contributed by atoms with Crippen LogP contribution in [0.15, 0.2) is 0 Å². The summed E-state index contributed by atoms with van der Waals surface area (Å²) >= 11 is 1.34. The molecule has 1 aromatic rings. The van der Waals surface area contributed by atoms with Gasteiger partial charge in [-0.25, -0.2) is 4.79 Å². The number of carbonyl (C=O) groups is 3. The molecule has 0 aliphatic carbocycles. The predicted molar refractivity (Wildman–Crippen MR) is 76.9 cm³/mol. The first-order valence-electron chi connectivity index (χ1n) is 6.78. The lowest BCUT2D eigenvalue weighted by atomic mass is 10.1. The normalized spacial score (nSPS) is 17.8. The molecule has 3 N–H and O–H groups in total. The van der Waals surface area contributed by atoms with Crippen molar-refractivity contribution in [3.8, 4) is 0 Å². The summed E-state index contributed by atoms with van der Waals surface area (Å²) in [4.78, 5) is 34.1. The van der Waals surface area contributed by atoms with Crippen LogP contribution < -0.4 is 16.0 Å². The molecule has 2 heterocycles. The molecule has 0 saturated carbocycles. The molecule has 0 aromatic carbocycles. The van der Waals surface area contributed by atoms with Gasteiger partial charge in [0, 0.05) is 5.92 Å². The van der Waals surface area contributed by atoms with E-state index < -0.39 is 18.0 Å². The highest BCUT2D eigenvalue weighted by Crippen LogP contribution is 2.28. The van der Waals surface area contributed by atoms with Crippen molar-refractivity contribution in [1.82, 2.24) is 20.8 Å². The second-order valence-corrected chi connectivity index (χ2v) is 5.74. The number of urea groups is 1. The number of imide groups is 1. The Morgan fingerprint density at radius 1 is 1.33 bits per heavy atom. The fourth-order valence-electron chi connectivity index (χ4n) is 2.05. The van der Waals surface area contributed by atoms with E-state index in [4.69, 9.17) is 0 Å². The lowest BCUT2D eigenvalue weighted by molar-refractivity contribution is -0.124. The van der Waals surface area contributed by atoms with Gasteiger partial charge in [-0.1, -0.05) is 25.2 Å². The average molecular weight is 311 g/mol. The van der Waals surface area contributed by atoms with Crippen molar-refractivity contribution in [3.05, 3.63) is 5.01 Å². The Bertz CT molecular complexity index is 555. The summed E-state index contributed by atoms with van der Waals surface area (Å²) < 4.78 is 0. The fraction of sp³-hybridized carbons (Fsp3) is 0.583. The van der Waals surface area contributed by atoms with Gasteiger partial charge in [0.1, 0.15) is 11.0 Å². The van der Waals surface area contributed by atoms with Gasteiger partial charge in [-0.2, -0.15) is 0 Å². The van der Waals surface area contributed by atoms with Crippen molar-refractivity contribution >= 4 is 34.3 Å². The minimum Gasteiger partial charge on any atom is -0.325 e. The van der Waals surface area contributed by atoms with E-state index in [9.17, 15) is 14.4 Å². The summed E-state index contributed by atoms with van der Waals surface area (Å²) in [6.45, 7) is 4.16. The summed E-state index contributed by atoms with van der Waals surface area (Å²) in [6, 6.07) is -1.41. The monoisotopic (exact) mass is 311 g/mol. The third-order valence-electron chi connectivity index (χ3n) is 3.27. The Kier molecular flexibility index (Phi) is 4.84. The highest BCUT2D eigenvalue weighted by atomic mass is 32.1. The minimum absolute atomic E-state index is 0.128. The van der Waals surface area contributed by atoms with E-state index in [1.54, 1.807) is 0 Å². The van der Waals surface area contributed by atoms with Gasteiger partial charge in [-0.05, 0) is 12.8 Å². The molecule has 1 atom stereocenters. The van der Waals surface area contributed by atoms with Gasteiger partial charge in [0.25, 0.3) is 5.91 Å². The number of carbonyl (C=O) groups excluding carboxylic acids is 3. The molecular formula is C12H17N5O3S. The van der Waals surface area contributed by atoms with Gasteiger partial charge in [-0.15, -0.1) is 10.2 Å². The lowest BCUT2D eigenvalue weighted by Crippen LogP contribution is -2.33. The van der Waals surface area contributed by atoms with Crippen LogP contribution in [0.5, 0.6) is 0 Å². The predicted octanol–water partition coefficient (Wildman–Crippen LogP) is 0.978. The van der Waals surface area contributed by atoms with Crippen molar-refractivity contribution in [3.63, 3.8) is 0 Å². The number of nitrogens with zero attached hydrogens (tertiary/aromatic N) is 2. The third kappa shape index (κ3) is 3.75. The zero-order valence-corrected chi connectivity index (χ0v) is 12.6. The number of hydrogen-bond donors (Lipinski definition) is 3.